The number of rotatable bonds is 6. The molecule has 0 aliphatic carbocycles. The Morgan fingerprint density at radius 2 is 1.83 bits per heavy atom. The molecule has 0 aliphatic heterocycles. The Morgan fingerprint density at radius 3 is 2.25 bits per heavy atom. The van der Waals surface area contributed by atoms with Crippen LogP contribution in [0.1, 0.15) is 39.5 Å². The molecular weight excluding hydrogens is 156 g/mol. The minimum Gasteiger partial charge on any atom is -0.396 e. The van der Waals surface area contributed by atoms with Gasteiger partial charge in [0.2, 0.25) is 0 Å². The van der Waals surface area contributed by atoms with E-state index in [0.717, 1.165) is 0 Å². The zero-order valence-electron chi connectivity index (χ0n) is 7.95. The minimum absolute atomic E-state index is 0.125. The van der Waals surface area contributed by atoms with E-state index < -0.39 is 5.60 Å². The molecule has 0 saturated carbocycles. The lowest BCUT2D eigenvalue weighted by Crippen LogP contribution is -2.21. The zero-order chi connectivity index (χ0) is 9.61. The Hall–Kier alpha value is -0.120. The van der Waals surface area contributed by atoms with Gasteiger partial charge in [-0.15, -0.1) is 0 Å². The van der Waals surface area contributed by atoms with E-state index in [-0.39, 0.29) is 12.7 Å². The van der Waals surface area contributed by atoms with Crippen LogP contribution in [0.5, 0.6) is 0 Å². The zero-order valence-corrected chi connectivity index (χ0v) is 7.95. The normalized spacial score (nSPS) is 14.8. The molecule has 1 unspecified atom stereocenters. The van der Waals surface area contributed by atoms with Crippen molar-refractivity contribution in [3.63, 3.8) is 0 Å². The number of aliphatic hydroxyl groups excluding tert-OH is 2. The molecular formula is C9H20O3. The molecule has 0 saturated heterocycles. The number of aliphatic hydroxyl groups is 3. The molecule has 0 aromatic heterocycles. The SMILES string of the molecule is CC(C)(O)CCC(O)CCCO. The van der Waals surface area contributed by atoms with E-state index in [4.69, 9.17) is 5.11 Å². The van der Waals surface area contributed by atoms with Crippen LogP contribution in [-0.4, -0.2) is 33.6 Å². The van der Waals surface area contributed by atoms with Crippen molar-refractivity contribution in [1.82, 2.24) is 0 Å². The molecule has 74 valence electrons. The fourth-order valence-corrected chi connectivity index (χ4v) is 0.991. The molecule has 1 atom stereocenters. The molecule has 0 spiro atoms. The molecule has 0 amide bonds. The number of hydrogen-bond donors (Lipinski definition) is 3. The van der Waals surface area contributed by atoms with Crippen molar-refractivity contribution in [2.45, 2.75) is 51.2 Å². The maximum Gasteiger partial charge on any atom is 0.0592 e. The largest absolute Gasteiger partial charge is 0.396 e. The molecule has 0 aromatic rings. The smallest absolute Gasteiger partial charge is 0.0592 e. The first kappa shape index (κ1) is 11.9. The lowest BCUT2D eigenvalue weighted by atomic mass is 9.99. The van der Waals surface area contributed by atoms with Gasteiger partial charge in [-0.2, -0.15) is 0 Å². The monoisotopic (exact) mass is 176 g/mol. The highest BCUT2D eigenvalue weighted by atomic mass is 16.3. The van der Waals surface area contributed by atoms with Crippen molar-refractivity contribution in [2.24, 2.45) is 0 Å². The molecule has 3 N–H and O–H groups in total. The minimum atomic E-state index is -0.694. The summed E-state index contributed by atoms with van der Waals surface area (Å²) < 4.78 is 0. The molecule has 3 nitrogen and oxygen atoms in total. The van der Waals surface area contributed by atoms with E-state index in [1.165, 1.54) is 0 Å². The second kappa shape index (κ2) is 5.51. The third-order valence-corrected chi connectivity index (χ3v) is 1.78. The Labute approximate surface area is 74.0 Å². The lowest BCUT2D eigenvalue weighted by Gasteiger charge is -2.18. The summed E-state index contributed by atoms with van der Waals surface area (Å²) in [7, 11) is 0. The lowest BCUT2D eigenvalue weighted by molar-refractivity contribution is 0.0456. The van der Waals surface area contributed by atoms with Gasteiger partial charge in [-0.05, 0) is 39.5 Å². The quantitative estimate of drug-likeness (QED) is 0.557. The van der Waals surface area contributed by atoms with Crippen molar-refractivity contribution >= 4 is 0 Å². The maximum absolute atomic E-state index is 9.33. The summed E-state index contributed by atoms with van der Waals surface area (Å²) in [6.45, 7) is 3.58. The van der Waals surface area contributed by atoms with Gasteiger partial charge in [0, 0.05) is 6.61 Å². The van der Waals surface area contributed by atoms with Crippen LogP contribution in [-0.2, 0) is 0 Å². The first-order valence-electron chi connectivity index (χ1n) is 4.47. The molecule has 0 heterocycles. The summed E-state index contributed by atoms with van der Waals surface area (Å²) in [5.74, 6) is 0. The van der Waals surface area contributed by atoms with Crippen LogP contribution in [0.15, 0.2) is 0 Å². The van der Waals surface area contributed by atoms with Crippen LogP contribution in [0.2, 0.25) is 0 Å². The molecule has 12 heavy (non-hydrogen) atoms. The van der Waals surface area contributed by atoms with Gasteiger partial charge in [0.05, 0.1) is 11.7 Å². The highest BCUT2D eigenvalue weighted by Crippen LogP contribution is 2.14. The van der Waals surface area contributed by atoms with Crippen molar-refractivity contribution in [2.75, 3.05) is 6.61 Å². The summed E-state index contributed by atoms with van der Waals surface area (Å²) in [4.78, 5) is 0. The molecule has 0 radical (unpaired) electrons. The average molecular weight is 176 g/mol. The summed E-state index contributed by atoms with van der Waals surface area (Å²) >= 11 is 0. The van der Waals surface area contributed by atoms with Gasteiger partial charge in [-0.25, -0.2) is 0 Å². The Balaban J connectivity index is 3.37. The van der Waals surface area contributed by atoms with Crippen LogP contribution >= 0.6 is 0 Å². The van der Waals surface area contributed by atoms with E-state index in [9.17, 15) is 10.2 Å². The first-order chi connectivity index (χ1) is 5.45. The second-order valence-electron chi connectivity index (χ2n) is 3.87. The van der Waals surface area contributed by atoms with Crippen LogP contribution in [0.3, 0.4) is 0 Å². The van der Waals surface area contributed by atoms with Crippen LogP contribution in [0.25, 0.3) is 0 Å². The van der Waals surface area contributed by atoms with Crippen LogP contribution in [0, 0.1) is 0 Å². The van der Waals surface area contributed by atoms with Gasteiger partial charge in [-0.1, -0.05) is 0 Å². The Morgan fingerprint density at radius 1 is 1.25 bits per heavy atom. The molecule has 3 heteroatoms. The maximum atomic E-state index is 9.33. The summed E-state index contributed by atoms with van der Waals surface area (Å²) in [5.41, 5.74) is -0.694. The van der Waals surface area contributed by atoms with Crippen molar-refractivity contribution in [1.29, 1.82) is 0 Å². The van der Waals surface area contributed by atoms with Gasteiger partial charge < -0.3 is 15.3 Å². The van der Waals surface area contributed by atoms with E-state index >= 15 is 0 Å². The van der Waals surface area contributed by atoms with Gasteiger partial charge >= 0.3 is 0 Å². The van der Waals surface area contributed by atoms with E-state index in [1.807, 2.05) is 0 Å². The van der Waals surface area contributed by atoms with Gasteiger partial charge in [0.25, 0.3) is 0 Å². The summed E-state index contributed by atoms with van der Waals surface area (Å²) in [6.07, 6.45) is 2.06. The number of hydrogen-bond acceptors (Lipinski definition) is 3. The molecule has 0 fully saturated rings. The highest BCUT2D eigenvalue weighted by molar-refractivity contribution is 4.67. The van der Waals surface area contributed by atoms with Crippen LogP contribution < -0.4 is 0 Å². The van der Waals surface area contributed by atoms with Crippen molar-refractivity contribution in [3.05, 3.63) is 0 Å². The Bertz CT molecular complexity index is 107. The fourth-order valence-electron chi connectivity index (χ4n) is 0.991. The molecule has 0 aliphatic rings. The fraction of sp³-hybridized carbons (Fsp3) is 1.00. The predicted molar refractivity (Wildman–Crippen MR) is 47.9 cm³/mol. The third kappa shape index (κ3) is 7.98. The van der Waals surface area contributed by atoms with Gasteiger partial charge in [0.15, 0.2) is 0 Å². The van der Waals surface area contributed by atoms with Crippen molar-refractivity contribution < 1.29 is 15.3 Å². The molecule has 0 bridgehead atoms. The standard InChI is InChI=1S/C9H20O3/c1-9(2,12)6-5-8(11)4-3-7-10/h8,10-12H,3-7H2,1-2H3. The van der Waals surface area contributed by atoms with E-state index in [1.54, 1.807) is 13.8 Å². The Kier molecular flexibility index (Phi) is 5.46. The molecule has 0 aromatic carbocycles. The van der Waals surface area contributed by atoms with Gasteiger partial charge in [-0.3, -0.25) is 0 Å². The highest BCUT2D eigenvalue weighted by Gasteiger charge is 2.14. The first-order valence-corrected chi connectivity index (χ1v) is 4.47. The average Bonchev–Trinajstić information content (AvgIpc) is 1.95. The molecule has 0 rings (SSSR count). The summed E-state index contributed by atoms with van der Waals surface area (Å²) in [6, 6.07) is 0. The van der Waals surface area contributed by atoms with E-state index in [2.05, 4.69) is 0 Å². The topological polar surface area (TPSA) is 60.7 Å². The third-order valence-electron chi connectivity index (χ3n) is 1.78. The van der Waals surface area contributed by atoms with Crippen LogP contribution in [0.4, 0.5) is 0 Å². The second-order valence-corrected chi connectivity index (χ2v) is 3.87. The van der Waals surface area contributed by atoms with Gasteiger partial charge in [0.1, 0.15) is 0 Å². The van der Waals surface area contributed by atoms with Crippen molar-refractivity contribution in [3.8, 4) is 0 Å². The van der Waals surface area contributed by atoms with E-state index in [0.29, 0.717) is 25.7 Å². The predicted octanol–water partition coefficient (Wildman–Crippen LogP) is 0.671. The summed E-state index contributed by atoms with van der Waals surface area (Å²) in [5, 5.41) is 27.1.